The third-order valence-corrected chi connectivity index (χ3v) is 4.80. The van der Waals surface area contributed by atoms with Crippen LogP contribution in [0.3, 0.4) is 0 Å². The highest BCUT2D eigenvalue weighted by Crippen LogP contribution is 2.27. The number of amides is 2. The van der Waals surface area contributed by atoms with Gasteiger partial charge in [-0.05, 0) is 24.6 Å². The smallest absolute Gasteiger partial charge is 0.465 e. The largest absolute Gasteiger partial charge is 0.573 e. The molecule has 1 saturated heterocycles. The number of hydrogen-bond acceptors (Lipinski definition) is 8. The normalized spacial score (nSPS) is 18.3. The van der Waals surface area contributed by atoms with Crippen LogP contribution in [0.5, 0.6) is 5.75 Å². The quantitative estimate of drug-likeness (QED) is 0.553. The molecule has 0 aliphatic carbocycles. The Balaban J connectivity index is 1.42. The molecule has 0 bridgehead atoms. The van der Waals surface area contributed by atoms with Gasteiger partial charge in [0.05, 0.1) is 18.8 Å². The van der Waals surface area contributed by atoms with E-state index in [0.29, 0.717) is 6.42 Å². The summed E-state index contributed by atoms with van der Waals surface area (Å²) in [6, 6.07) is 3.89. The number of likely N-dealkylation sites (tertiary alicyclic amines) is 1. The summed E-state index contributed by atoms with van der Waals surface area (Å²) in [5.74, 6) is -1.83. The molecule has 1 aliphatic rings. The number of nitrogens with one attached hydrogen (secondary N) is 1. The molecule has 2 atom stereocenters. The molecular weight excluding hydrogens is 451 g/mol. The number of alkyl halides is 3. The molecule has 0 radical (unpaired) electrons. The second-order valence-corrected chi connectivity index (χ2v) is 7.11. The highest BCUT2D eigenvalue weighted by molar-refractivity contribution is 5.90. The van der Waals surface area contributed by atoms with Crippen molar-refractivity contribution >= 4 is 12.0 Å². The minimum atomic E-state index is -4.87. The van der Waals surface area contributed by atoms with E-state index in [2.05, 4.69) is 30.6 Å². The first-order valence-electron chi connectivity index (χ1n) is 9.52. The second-order valence-electron chi connectivity index (χ2n) is 7.11. The lowest BCUT2D eigenvalue weighted by molar-refractivity contribution is -0.274. The van der Waals surface area contributed by atoms with Crippen LogP contribution in [-0.4, -0.2) is 72.2 Å². The SMILES string of the molecule is O=C(N[C@@H]1C[C@@H](Cn2ccnn2)N(C(=O)O)C1)c1nnc(-c2cccc(OC(F)(F)F)c2)o1. The van der Waals surface area contributed by atoms with Crippen molar-refractivity contribution < 1.29 is 37.0 Å². The molecule has 2 amide bonds. The molecule has 2 N–H and O–H groups in total. The Morgan fingerprint density at radius 3 is 2.82 bits per heavy atom. The molecular formula is C18H16F3N7O5. The zero-order valence-electron chi connectivity index (χ0n) is 16.6. The van der Waals surface area contributed by atoms with Gasteiger partial charge in [-0.3, -0.25) is 9.48 Å². The van der Waals surface area contributed by atoms with Crippen LogP contribution in [0.4, 0.5) is 18.0 Å². The first kappa shape index (κ1) is 22.0. The summed E-state index contributed by atoms with van der Waals surface area (Å²) in [5, 5.41) is 26.9. The number of carbonyl (C=O) groups excluding carboxylic acids is 1. The fourth-order valence-electron chi connectivity index (χ4n) is 3.48. The minimum absolute atomic E-state index is 0.0399. The van der Waals surface area contributed by atoms with Crippen molar-refractivity contribution in [1.29, 1.82) is 0 Å². The van der Waals surface area contributed by atoms with Crippen LogP contribution < -0.4 is 10.1 Å². The van der Waals surface area contributed by atoms with Crippen LogP contribution in [0.15, 0.2) is 41.1 Å². The number of halogens is 3. The Kier molecular flexibility index (Phi) is 5.85. The molecule has 15 heteroatoms. The highest BCUT2D eigenvalue weighted by Gasteiger charge is 2.37. The van der Waals surface area contributed by atoms with E-state index in [1.807, 2.05) is 0 Å². The predicted molar refractivity (Wildman–Crippen MR) is 101 cm³/mol. The van der Waals surface area contributed by atoms with Crippen molar-refractivity contribution in [3.63, 3.8) is 0 Å². The molecule has 2 aromatic heterocycles. The van der Waals surface area contributed by atoms with Gasteiger partial charge in [0.25, 0.3) is 0 Å². The summed E-state index contributed by atoms with van der Waals surface area (Å²) in [7, 11) is 0. The van der Waals surface area contributed by atoms with Crippen molar-refractivity contribution in [3.05, 3.63) is 42.5 Å². The van der Waals surface area contributed by atoms with E-state index in [9.17, 15) is 27.9 Å². The van der Waals surface area contributed by atoms with Gasteiger partial charge in [0.1, 0.15) is 5.75 Å². The number of carboxylic acid groups (broad SMARTS) is 1. The van der Waals surface area contributed by atoms with Gasteiger partial charge in [-0.1, -0.05) is 11.3 Å². The van der Waals surface area contributed by atoms with E-state index in [0.717, 1.165) is 12.1 Å². The lowest BCUT2D eigenvalue weighted by Gasteiger charge is -2.20. The molecule has 0 saturated carbocycles. The van der Waals surface area contributed by atoms with Gasteiger partial charge in [-0.15, -0.1) is 28.5 Å². The Labute approximate surface area is 182 Å². The Bertz CT molecular complexity index is 1130. The number of aromatic nitrogens is 5. The van der Waals surface area contributed by atoms with Crippen molar-refractivity contribution in [2.75, 3.05) is 6.54 Å². The van der Waals surface area contributed by atoms with Gasteiger partial charge >= 0.3 is 24.3 Å². The summed E-state index contributed by atoms with van der Waals surface area (Å²) in [4.78, 5) is 25.3. The Morgan fingerprint density at radius 1 is 1.30 bits per heavy atom. The van der Waals surface area contributed by atoms with Crippen LogP contribution >= 0.6 is 0 Å². The maximum Gasteiger partial charge on any atom is 0.573 e. The van der Waals surface area contributed by atoms with Gasteiger partial charge in [0.2, 0.25) is 5.89 Å². The molecule has 33 heavy (non-hydrogen) atoms. The molecule has 0 unspecified atom stereocenters. The van der Waals surface area contributed by atoms with E-state index < -0.39 is 42.1 Å². The zero-order valence-corrected chi connectivity index (χ0v) is 16.6. The molecule has 3 aromatic rings. The van der Waals surface area contributed by atoms with Gasteiger partial charge < -0.3 is 24.5 Å². The summed E-state index contributed by atoms with van der Waals surface area (Å²) in [5.41, 5.74) is 0.120. The van der Waals surface area contributed by atoms with Crippen LogP contribution in [0.25, 0.3) is 11.5 Å². The van der Waals surface area contributed by atoms with Crippen molar-refractivity contribution in [1.82, 2.24) is 35.4 Å². The van der Waals surface area contributed by atoms with Gasteiger partial charge in [-0.25, -0.2) is 4.79 Å². The Morgan fingerprint density at radius 2 is 2.12 bits per heavy atom. The van der Waals surface area contributed by atoms with Gasteiger partial charge in [-0.2, -0.15) is 0 Å². The molecule has 1 aliphatic heterocycles. The third-order valence-electron chi connectivity index (χ3n) is 4.80. The van der Waals surface area contributed by atoms with Crippen LogP contribution in [0, 0.1) is 0 Å². The van der Waals surface area contributed by atoms with Crippen LogP contribution in [-0.2, 0) is 6.54 Å². The fraction of sp³-hybridized carbons (Fsp3) is 0.333. The van der Waals surface area contributed by atoms with Gasteiger partial charge in [0.15, 0.2) is 0 Å². The standard InChI is InChI=1S/C18H16F3N7O5/c19-18(20,21)33-13-3-1-2-10(6-13)15-24-25-16(32-15)14(29)23-11-7-12(28(8-11)17(30)31)9-27-5-4-22-26-27/h1-6,11-12H,7-9H2,(H,23,29)(H,30,31)/t11-,12+/m1/s1. The number of benzene rings is 1. The Hall–Kier alpha value is -4.17. The molecule has 0 spiro atoms. The topological polar surface area (TPSA) is 148 Å². The maximum absolute atomic E-state index is 12.5. The summed E-state index contributed by atoms with van der Waals surface area (Å²) >= 11 is 0. The predicted octanol–water partition coefficient (Wildman–Crippen LogP) is 1.78. The summed E-state index contributed by atoms with van der Waals surface area (Å²) in [6.07, 6.45) is -2.62. The average molecular weight is 467 g/mol. The van der Waals surface area contributed by atoms with Gasteiger partial charge in [0, 0.05) is 24.3 Å². The number of carbonyl (C=O) groups is 2. The zero-order chi connectivity index (χ0) is 23.6. The van der Waals surface area contributed by atoms with E-state index >= 15 is 0 Å². The minimum Gasteiger partial charge on any atom is -0.465 e. The molecule has 12 nitrogen and oxygen atoms in total. The molecule has 1 fully saturated rings. The van der Waals surface area contributed by atoms with Crippen molar-refractivity contribution in [3.8, 4) is 17.2 Å². The number of ether oxygens (including phenoxy) is 1. The average Bonchev–Trinajstić information content (AvgIpc) is 3.48. The molecule has 174 valence electrons. The van der Waals surface area contributed by atoms with E-state index in [4.69, 9.17) is 4.42 Å². The lowest BCUT2D eigenvalue weighted by atomic mass is 10.1. The maximum atomic E-state index is 12.5. The highest BCUT2D eigenvalue weighted by atomic mass is 19.4. The molecule has 1 aromatic carbocycles. The fourth-order valence-corrected chi connectivity index (χ4v) is 3.48. The first-order valence-corrected chi connectivity index (χ1v) is 9.52. The van der Waals surface area contributed by atoms with E-state index in [1.165, 1.54) is 27.9 Å². The third kappa shape index (κ3) is 5.36. The monoisotopic (exact) mass is 467 g/mol. The number of nitrogens with zero attached hydrogens (tertiary/aromatic N) is 6. The number of rotatable bonds is 6. The van der Waals surface area contributed by atoms with Crippen LogP contribution in [0.1, 0.15) is 17.1 Å². The van der Waals surface area contributed by atoms with E-state index in [-0.39, 0.29) is 24.5 Å². The second kappa shape index (κ2) is 8.76. The van der Waals surface area contributed by atoms with E-state index in [1.54, 1.807) is 6.20 Å². The first-order chi connectivity index (χ1) is 15.7. The van der Waals surface area contributed by atoms with Crippen LogP contribution in [0.2, 0.25) is 0 Å². The molecule has 3 heterocycles. The summed E-state index contributed by atoms with van der Waals surface area (Å²) < 4.78 is 47.9. The lowest BCUT2D eigenvalue weighted by Crippen LogP contribution is -2.39. The summed E-state index contributed by atoms with van der Waals surface area (Å²) in [6.45, 7) is 0.304. The number of hydrogen-bond donors (Lipinski definition) is 2. The van der Waals surface area contributed by atoms with Crippen molar-refractivity contribution in [2.24, 2.45) is 0 Å². The molecule has 4 rings (SSSR count). The van der Waals surface area contributed by atoms with Crippen molar-refractivity contribution in [2.45, 2.75) is 31.4 Å².